The molecule has 3 heterocycles. The number of hydrogen-bond acceptors (Lipinski definition) is 3. The normalized spacial score (nSPS) is 18.1. The summed E-state index contributed by atoms with van der Waals surface area (Å²) in [6.45, 7) is 0. The highest BCUT2D eigenvalue weighted by molar-refractivity contribution is 7.99. The van der Waals surface area contributed by atoms with Crippen molar-refractivity contribution in [2.75, 3.05) is 5.75 Å². The van der Waals surface area contributed by atoms with Gasteiger partial charge in [-0.15, -0.1) is 11.8 Å². The van der Waals surface area contributed by atoms with Crippen LogP contribution in [0.4, 0.5) is 0 Å². The van der Waals surface area contributed by atoms with Gasteiger partial charge >= 0.3 is 0 Å². The third kappa shape index (κ3) is 1.77. The first kappa shape index (κ1) is 10.9. The van der Waals surface area contributed by atoms with Gasteiger partial charge in [0.1, 0.15) is 0 Å². The van der Waals surface area contributed by atoms with E-state index in [4.69, 9.17) is 11.6 Å². The summed E-state index contributed by atoms with van der Waals surface area (Å²) in [5.74, 6) is 0.916. The molecule has 2 aromatic heterocycles. The lowest BCUT2D eigenvalue weighted by atomic mass is 10.1. The number of nitrogens with zero attached hydrogens (tertiary/aromatic N) is 2. The van der Waals surface area contributed by atoms with Crippen LogP contribution in [0.15, 0.2) is 41.8 Å². The minimum atomic E-state index is -0.391. The van der Waals surface area contributed by atoms with Crippen LogP contribution < -0.4 is 0 Å². The molecule has 1 unspecified atom stereocenters. The second-order valence-electron chi connectivity index (χ2n) is 3.83. The predicted octanol–water partition coefficient (Wildman–Crippen LogP) is 2.96. The van der Waals surface area contributed by atoms with Crippen LogP contribution in [0.25, 0.3) is 0 Å². The van der Waals surface area contributed by atoms with Gasteiger partial charge in [0, 0.05) is 24.3 Å². The third-order valence-corrected chi connectivity index (χ3v) is 4.25. The number of carbonyl (C=O) groups excluding carboxylic acids is 1. The number of carbonyl (C=O) groups is 1. The van der Waals surface area contributed by atoms with E-state index in [2.05, 4.69) is 15.6 Å². The summed E-state index contributed by atoms with van der Waals surface area (Å²) >= 11 is 7.21. The van der Waals surface area contributed by atoms with Crippen molar-refractivity contribution in [3.8, 4) is 0 Å². The summed E-state index contributed by atoms with van der Waals surface area (Å²) in [6.07, 6.45) is 5.54. The lowest BCUT2D eigenvalue weighted by Gasteiger charge is -2.11. The molecule has 1 aliphatic heterocycles. The summed E-state index contributed by atoms with van der Waals surface area (Å²) in [6, 6.07) is 6.00. The van der Waals surface area contributed by atoms with Gasteiger partial charge in [0.05, 0.1) is 16.6 Å². The van der Waals surface area contributed by atoms with Gasteiger partial charge in [-0.25, -0.2) is 0 Å². The summed E-state index contributed by atoms with van der Waals surface area (Å²) < 4.78 is 2.09. The Morgan fingerprint density at radius 1 is 1.53 bits per heavy atom. The van der Waals surface area contributed by atoms with Crippen molar-refractivity contribution in [3.63, 3.8) is 0 Å². The summed E-state index contributed by atoms with van der Waals surface area (Å²) in [5.41, 5.74) is 1.76. The highest BCUT2D eigenvalue weighted by Crippen LogP contribution is 2.40. The molecule has 0 fully saturated rings. The Balaban J connectivity index is 2.03. The molecule has 0 spiro atoms. The highest BCUT2D eigenvalue weighted by Gasteiger charge is 2.27. The van der Waals surface area contributed by atoms with Crippen molar-refractivity contribution in [3.05, 3.63) is 47.9 Å². The van der Waals surface area contributed by atoms with Crippen LogP contribution in [0.5, 0.6) is 0 Å². The van der Waals surface area contributed by atoms with Crippen molar-refractivity contribution in [2.45, 2.75) is 11.1 Å². The number of thioether (sulfide) groups is 1. The third-order valence-electron chi connectivity index (χ3n) is 2.86. The highest BCUT2D eigenvalue weighted by atomic mass is 35.5. The molecule has 3 rings (SSSR count). The average Bonchev–Trinajstić information content (AvgIpc) is 2.89. The first-order chi connectivity index (χ1) is 8.27. The summed E-state index contributed by atoms with van der Waals surface area (Å²) in [5, 5.41) is 0.567. The minimum absolute atomic E-state index is 0.244. The van der Waals surface area contributed by atoms with E-state index < -0.39 is 5.24 Å². The van der Waals surface area contributed by atoms with Gasteiger partial charge < -0.3 is 4.57 Å². The zero-order valence-corrected chi connectivity index (χ0v) is 10.4. The number of aromatic nitrogens is 2. The SMILES string of the molecule is O=C(Cl)c1ccn2c1SCC2c1cccnc1. The van der Waals surface area contributed by atoms with Crippen LogP contribution in [0.1, 0.15) is 22.0 Å². The topological polar surface area (TPSA) is 34.9 Å². The van der Waals surface area contributed by atoms with Crippen molar-refractivity contribution < 1.29 is 4.79 Å². The Bertz CT molecular complexity index is 567. The molecule has 0 aromatic carbocycles. The Kier molecular flexibility index (Phi) is 2.68. The van der Waals surface area contributed by atoms with Gasteiger partial charge in [-0.1, -0.05) is 6.07 Å². The van der Waals surface area contributed by atoms with Crippen LogP contribution in [0, 0.1) is 0 Å². The van der Waals surface area contributed by atoms with Crippen LogP contribution in [0.3, 0.4) is 0 Å². The van der Waals surface area contributed by atoms with E-state index in [0.29, 0.717) is 5.56 Å². The molecule has 1 aliphatic rings. The average molecular weight is 265 g/mol. The van der Waals surface area contributed by atoms with Gasteiger partial charge in [0.2, 0.25) is 0 Å². The Morgan fingerprint density at radius 2 is 2.41 bits per heavy atom. The molecule has 0 amide bonds. The van der Waals surface area contributed by atoms with Crippen LogP contribution in [-0.2, 0) is 0 Å². The smallest absolute Gasteiger partial charge is 0.255 e. The van der Waals surface area contributed by atoms with Gasteiger partial charge in [0.15, 0.2) is 0 Å². The molecule has 5 heteroatoms. The zero-order chi connectivity index (χ0) is 11.8. The Labute approximate surface area is 108 Å². The van der Waals surface area contributed by atoms with E-state index >= 15 is 0 Å². The molecule has 0 N–H and O–H groups in total. The second-order valence-corrected chi connectivity index (χ2v) is 5.18. The van der Waals surface area contributed by atoms with E-state index in [1.807, 2.05) is 18.5 Å². The maximum atomic E-state index is 11.2. The van der Waals surface area contributed by atoms with E-state index in [1.54, 1.807) is 24.0 Å². The van der Waals surface area contributed by atoms with E-state index in [-0.39, 0.29) is 6.04 Å². The fraction of sp³-hybridized carbons (Fsp3) is 0.167. The van der Waals surface area contributed by atoms with Crippen molar-refractivity contribution >= 4 is 28.6 Å². The minimum Gasteiger partial charge on any atom is -0.334 e. The molecule has 2 aromatic rings. The van der Waals surface area contributed by atoms with Gasteiger partial charge in [-0.3, -0.25) is 9.78 Å². The molecule has 86 valence electrons. The Hall–Kier alpha value is -1.26. The van der Waals surface area contributed by atoms with Crippen LogP contribution in [0.2, 0.25) is 0 Å². The first-order valence-electron chi connectivity index (χ1n) is 5.21. The standard InChI is InChI=1S/C12H9ClN2OS/c13-11(16)9-3-5-15-10(7-17-12(9)15)8-2-1-4-14-6-8/h1-6,10H,7H2. The predicted molar refractivity (Wildman–Crippen MR) is 67.7 cm³/mol. The van der Waals surface area contributed by atoms with Crippen LogP contribution in [-0.4, -0.2) is 20.5 Å². The molecule has 0 saturated carbocycles. The number of pyridine rings is 1. The number of halogens is 1. The quantitative estimate of drug-likeness (QED) is 0.783. The molecular weight excluding hydrogens is 256 g/mol. The van der Waals surface area contributed by atoms with Gasteiger partial charge in [-0.05, 0) is 29.3 Å². The van der Waals surface area contributed by atoms with E-state index in [1.165, 1.54) is 0 Å². The fourth-order valence-electron chi connectivity index (χ4n) is 2.05. The molecule has 1 atom stereocenters. The lowest BCUT2D eigenvalue weighted by molar-refractivity contribution is 0.107. The molecule has 0 saturated heterocycles. The molecule has 0 aliphatic carbocycles. The summed E-state index contributed by atoms with van der Waals surface area (Å²) in [4.78, 5) is 15.4. The molecular formula is C12H9ClN2OS. The maximum absolute atomic E-state index is 11.2. The number of fused-ring (bicyclic) bond motifs is 1. The molecule has 0 radical (unpaired) electrons. The fourth-order valence-corrected chi connectivity index (χ4v) is 3.58. The van der Waals surface area contributed by atoms with E-state index in [0.717, 1.165) is 16.3 Å². The van der Waals surface area contributed by atoms with Gasteiger partial charge in [0.25, 0.3) is 5.24 Å². The Morgan fingerprint density at radius 3 is 3.12 bits per heavy atom. The van der Waals surface area contributed by atoms with Crippen LogP contribution >= 0.6 is 23.4 Å². The molecule has 17 heavy (non-hydrogen) atoms. The molecule has 3 nitrogen and oxygen atoms in total. The molecule has 0 bridgehead atoms. The van der Waals surface area contributed by atoms with Crippen molar-refractivity contribution in [1.82, 2.24) is 9.55 Å². The van der Waals surface area contributed by atoms with Crippen molar-refractivity contribution in [2.24, 2.45) is 0 Å². The van der Waals surface area contributed by atoms with E-state index in [9.17, 15) is 4.79 Å². The zero-order valence-electron chi connectivity index (χ0n) is 8.84. The lowest BCUT2D eigenvalue weighted by Crippen LogP contribution is -2.07. The summed E-state index contributed by atoms with van der Waals surface area (Å²) in [7, 11) is 0. The van der Waals surface area contributed by atoms with Gasteiger partial charge in [-0.2, -0.15) is 0 Å². The largest absolute Gasteiger partial charge is 0.334 e. The number of hydrogen-bond donors (Lipinski definition) is 0. The second kappa shape index (κ2) is 4.20. The monoisotopic (exact) mass is 264 g/mol. The van der Waals surface area contributed by atoms with Crippen molar-refractivity contribution in [1.29, 1.82) is 0 Å². The first-order valence-corrected chi connectivity index (χ1v) is 6.57. The number of rotatable bonds is 2. The maximum Gasteiger partial charge on any atom is 0.255 e.